The van der Waals surface area contributed by atoms with Gasteiger partial charge in [-0.2, -0.15) is 0 Å². The van der Waals surface area contributed by atoms with E-state index in [0.29, 0.717) is 10.6 Å². The van der Waals surface area contributed by atoms with Gasteiger partial charge in [0.05, 0.1) is 10.4 Å². The lowest BCUT2D eigenvalue weighted by molar-refractivity contribution is 0.103. The van der Waals surface area contributed by atoms with Crippen LogP contribution in [0.5, 0.6) is 0 Å². The van der Waals surface area contributed by atoms with Crippen molar-refractivity contribution in [3.8, 4) is 0 Å². The molecule has 0 saturated carbocycles. The number of hydrogen-bond donors (Lipinski definition) is 2. The summed E-state index contributed by atoms with van der Waals surface area (Å²) in [5.41, 5.74) is 8.46. The summed E-state index contributed by atoms with van der Waals surface area (Å²) in [5.74, 6) is -0.187. The van der Waals surface area contributed by atoms with E-state index in [-0.39, 0.29) is 5.91 Å². The second-order valence-electron chi connectivity index (χ2n) is 4.54. The van der Waals surface area contributed by atoms with Crippen LogP contribution in [-0.4, -0.2) is 10.9 Å². The van der Waals surface area contributed by atoms with Crippen LogP contribution in [0.15, 0.2) is 42.7 Å². The molecule has 0 aliphatic carbocycles. The monoisotopic (exact) mass is 283 g/mol. The number of nitrogens with zero attached hydrogens (tertiary/aromatic N) is 1. The Labute approximate surface area is 120 Å². The number of carbonyl (C=O) groups is 1. The van der Waals surface area contributed by atoms with Gasteiger partial charge in [-0.15, -0.1) is 11.3 Å². The number of aromatic nitrogens is 1. The third-order valence-electron chi connectivity index (χ3n) is 3.05. The first kappa shape index (κ1) is 12.6. The second-order valence-corrected chi connectivity index (χ2v) is 5.59. The number of amides is 1. The van der Waals surface area contributed by atoms with E-state index in [4.69, 9.17) is 5.73 Å². The third-order valence-corrected chi connectivity index (χ3v) is 4.20. The van der Waals surface area contributed by atoms with Crippen LogP contribution >= 0.6 is 11.3 Å². The minimum atomic E-state index is -0.187. The molecule has 5 heteroatoms. The van der Waals surface area contributed by atoms with Gasteiger partial charge in [-0.05, 0) is 25.1 Å². The molecule has 20 heavy (non-hydrogen) atoms. The largest absolute Gasteiger partial charge is 0.397 e. The molecule has 2 heterocycles. The molecule has 0 bridgehead atoms. The van der Waals surface area contributed by atoms with Crippen LogP contribution in [-0.2, 0) is 0 Å². The van der Waals surface area contributed by atoms with E-state index in [1.54, 1.807) is 12.4 Å². The highest BCUT2D eigenvalue weighted by atomic mass is 32.1. The molecule has 0 aliphatic rings. The van der Waals surface area contributed by atoms with E-state index in [1.807, 2.05) is 37.3 Å². The Bertz CT molecular complexity index is 777. The van der Waals surface area contributed by atoms with Gasteiger partial charge < -0.3 is 11.1 Å². The topological polar surface area (TPSA) is 68.0 Å². The van der Waals surface area contributed by atoms with E-state index in [0.717, 1.165) is 21.3 Å². The van der Waals surface area contributed by atoms with E-state index in [1.165, 1.54) is 11.3 Å². The Morgan fingerprint density at radius 2 is 2.00 bits per heavy atom. The average molecular weight is 283 g/mol. The average Bonchev–Trinajstić information content (AvgIpc) is 2.79. The molecule has 1 aromatic carbocycles. The molecule has 3 rings (SSSR count). The van der Waals surface area contributed by atoms with Gasteiger partial charge in [0, 0.05) is 23.5 Å². The van der Waals surface area contributed by atoms with Crippen molar-refractivity contribution in [1.29, 1.82) is 0 Å². The summed E-state index contributed by atoms with van der Waals surface area (Å²) in [6.45, 7) is 2.00. The third kappa shape index (κ3) is 2.23. The maximum absolute atomic E-state index is 12.3. The van der Waals surface area contributed by atoms with Crippen LogP contribution in [0.4, 0.5) is 11.4 Å². The minimum Gasteiger partial charge on any atom is -0.397 e. The number of pyridine rings is 1. The Hall–Kier alpha value is -2.40. The summed E-state index contributed by atoms with van der Waals surface area (Å²) in [4.78, 5) is 16.9. The van der Waals surface area contributed by atoms with Gasteiger partial charge >= 0.3 is 0 Å². The lowest BCUT2D eigenvalue weighted by Crippen LogP contribution is -2.11. The summed E-state index contributed by atoms with van der Waals surface area (Å²) in [5, 5.41) is 3.73. The lowest BCUT2D eigenvalue weighted by atomic mass is 10.2. The van der Waals surface area contributed by atoms with E-state index >= 15 is 0 Å². The van der Waals surface area contributed by atoms with Gasteiger partial charge in [-0.25, -0.2) is 0 Å². The van der Waals surface area contributed by atoms with Crippen molar-refractivity contribution in [2.45, 2.75) is 6.92 Å². The number of benzene rings is 1. The Balaban J connectivity index is 1.92. The van der Waals surface area contributed by atoms with Crippen LogP contribution in [0.25, 0.3) is 10.1 Å². The Kier molecular flexibility index (Phi) is 3.12. The molecule has 3 N–H and O–H groups in total. The maximum atomic E-state index is 12.3. The molecule has 3 aromatic rings. The van der Waals surface area contributed by atoms with Crippen molar-refractivity contribution in [3.05, 3.63) is 53.2 Å². The fourth-order valence-corrected chi connectivity index (χ4v) is 2.95. The van der Waals surface area contributed by atoms with Gasteiger partial charge in [0.15, 0.2) is 0 Å². The van der Waals surface area contributed by atoms with Gasteiger partial charge in [-0.3, -0.25) is 9.78 Å². The molecule has 100 valence electrons. The molecule has 1 amide bonds. The Morgan fingerprint density at radius 3 is 2.70 bits per heavy atom. The van der Waals surface area contributed by atoms with Crippen molar-refractivity contribution in [2.75, 3.05) is 11.1 Å². The predicted molar refractivity (Wildman–Crippen MR) is 83.2 cm³/mol. The van der Waals surface area contributed by atoms with E-state index in [9.17, 15) is 4.79 Å². The minimum absolute atomic E-state index is 0.187. The summed E-state index contributed by atoms with van der Waals surface area (Å²) >= 11 is 1.35. The number of carbonyl (C=O) groups excluding carboxylic acids is 1. The number of aryl methyl sites for hydroxylation is 1. The quantitative estimate of drug-likeness (QED) is 0.757. The second kappa shape index (κ2) is 4.94. The van der Waals surface area contributed by atoms with E-state index < -0.39 is 0 Å². The van der Waals surface area contributed by atoms with Gasteiger partial charge in [0.2, 0.25) is 0 Å². The van der Waals surface area contributed by atoms with Crippen molar-refractivity contribution < 1.29 is 4.79 Å². The zero-order chi connectivity index (χ0) is 14.1. The highest BCUT2D eigenvalue weighted by molar-refractivity contribution is 7.21. The molecule has 0 spiro atoms. The SMILES string of the molecule is Cc1ccc(NC(=O)c2sc3cnccc3c2N)cc1. The first-order valence-electron chi connectivity index (χ1n) is 6.15. The number of nitrogen functional groups attached to an aromatic ring is 1. The van der Waals surface area contributed by atoms with E-state index in [2.05, 4.69) is 10.3 Å². The molecule has 4 nitrogen and oxygen atoms in total. The van der Waals surface area contributed by atoms with Crippen molar-refractivity contribution in [2.24, 2.45) is 0 Å². The number of hydrogen-bond acceptors (Lipinski definition) is 4. The first-order chi connectivity index (χ1) is 9.65. The first-order valence-corrected chi connectivity index (χ1v) is 6.97. The molecule has 0 radical (unpaired) electrons. The summed E-state index contributed by atoms with van der Waals surface area (Å²) in [6.07, 6.45) is 3.39. The molecule has 0 aliphatic heterocycles. The fraction of sp³-hybridized carbons (Fsp3) is 0.0667. The predicted octanol–water partition coefficient (Wildman–Crippen LogP) is 3.44. The van der Waals surface area contributed by atoms with Crippen molar-refractivity contribution in [3.63, 3.8) is 0 Å². The van der Waals surface area contributed by atoms with Crippen LogP contribution < -0.4 is 11.1 Å². The number of fused-ring (bicyclic) bond motifs is 1. The van der Waals surface area contributed by atoms with Crippen molar-refractivity contribution in [1.82, 2.24) is 4.98 Å². The number of anilines is 2. The molecule has 0 fully saturated rings. The van der Waals surface area contributed by atoms with Gasteiger partial charge in [0.25, 0.3) is 5.91 Å². The highest BCUT2D eigenvalue weighted by Crippen LogP contribution is 2.33. The summed E-state index contributed by atoms with van der Waals surface area (Å²) in [7, 11) is 0. The molecule has 0 unspecified atom stereocenters. The highest BCUT2D eigenvalue weighted by Gasteiger charge is 2.16. The maximum Gasteiger partial charge on any atom is 0.267 e. The summed E-state index contributed by atoms with van der Waals surface area (Å²) < 4.78 is 0.916. The van der Waals surface area contributed by atoms with Crippen LogP contribution in [0.3, 0.4) is 0 Å². The molecular formula is C15H13N3OS. The molecule has 0 saturated heterocycles. The number of nitrogens with one attached hydrogen (secondary N) is 1. The van der Waals surface area contributed by atoms with Gasteiger partial charge in [0.1, 0.15) is 4.88 Å². The summed E-state index contributed by atoms with van der Waals surface area (Å²) in [6, 6.07) is 9.47. The molecule has 2 aromatic heterocycles. The lowest BCUT2D eigenvalue weighted by Gasteiger charge is -2.04. The standard InChI is InChI=1S/C15H13N3OS/c1-9-2-4-10(5-3-9)18-15(19)14-13(16)11-6-7-17-8-12(11)20-14/h2-8H,16H2,1H3,(H,18,19). The molecule has 0 atom stereocenters. The number of nitrogens with two attached hydrogens (primary N) is 1. The van der Waals surface area contributed by atoms with Crippen molar-refractivity contribution >= 4 is 38.7 Å². The van der Waals surface area contributed by atoms with Crippen LogP contribution in [0, 0.1) is 6.92 Å². The number of rotatable bonds is 2. The Morgan fingerprint density at radius 1 is 1.25 bits per heavy atom. The molecular weight excluding hydrogens is 270 g/mol. The smallest absolute Gasteiger partial charge is 0.267 e. The van der Waals surface area contributed by atoms with Crippen LogP contribution in [0.2, 0.25) is 0 Å². The normalized spacial score (nSPS) is 10.7. The number of thiophene rings is 1. The van der Waals surface area contributed by atoms with Crippen LogP contribution in [0.1, 0.15) is 15.2 Å². The fourth-order valence-electron chi connectivity index (χ4n) is 1.96. The zero-order valence-electron chi connectivity index (χ0n) is 10.9. The van der Waals surface area contributed by atoms with Gasteiger partial charge in [-0.1, -0.05) is 17.7 Å². The zero-order valence-corrected chi connectivity index (χ0v) is 11.7.